The molecule has 1 saturated carbocycles. The maximum Gasteiger partial charge on any atom is 0.125 e. The molecule has 82 valence electrons. The average Bonchev–Trinajstić information content (AvgIpc) is 2.92. The minimum absolute atomic E-state index is 0.113. The molecular weight excluding hydrogens is 190 g/mol. The van der Waals surface area contributed by atoms with Crippen molar-refractivity contribution in [1.29, 1.82) is 0 Å². The van der Waals surface area contributed by atoms with E-state index in [1.54, 1.807) is 7.11 Å². The molecule has 0 saturated heterocycles. The zero-order valence-electron chi connectivity index (χ0n) is 9.21. The van der Waals surface area contributed by atoms with E-state index in [1.807, 2.05) is 19.1 Å². The summed E-state index contributed by atoms with van der Waals surface area (Å²) in [5.41, 5.74) is 7.66. The highest BCUT2D eigenvalue weighted by Crippen LogP contribution is 2.41. The van der Waals surface area contributed by atoms with Crippen LogP contribution in [-0.2, 0) is 6.42 Å². The van der Waals surface area contributed by atoms with Gasteiger partial charge < -0.3 is 15.6 Å². The Bertz CT molecular complexity index is 383. The summed E-state index contributed by atoms with van der Waals surface area (Å²) in [6.07, 6.45) is 2.76. The van der Waals surface area contributed by atoms with Gasteiger partial charge in [-0.25, -0.2) is 0 Å². The number of benzene rings is 1. The van der Waals surface area contributed by atoms with Crippen LogP contribution >= 0.6 is 0 Å². The molecule has 0 bridgehead atoms. The van der Waals surface area contributed by atoms with E-state index in [0.29, 0.717) is 12.2 Å². The van der Waals surface area contributed by atoms with Gasteiger partial charge in [0.2, 0.25) is 0 Å². The van der Waals surface area contributed by atoms with Gasteiger partial charge >= 0.3 is 0 Å². The largest absolute Gasteiger partial charge is 0.507 e. The molecule has 1 aliphatic carbocycles. The van der Waals surface area contributed by atoms with Gasteiger partial charge in [0.1, 0.15) is 11.5 Å². The highest BCUT2D eigenvalue weighted by atomic mass is 16.5. The third-order valence-electron chi connectivity index (χ3n) is 3.08. The van der Waals surface area contributed by atoms with Gasteiger partial charge in [0.05, 0.1) is 7.11 Å². The second kappa shape index (κ2) is 3.42. The standard InChI is InChI=1S/C12H17NO2/c1-8-3-4-10(15-2)9(11(8)14)7-12(13)5-6-12/h3-4,14H,5-7,13H2,1-2H3. The molecule has 15 heavy (non-hydrogen) atoms. The van der Waals surface area contributed by atoms with E-state index in [0.717, 1.165) is 29.7 Å². The van der Waals surface area contributed by atoms with Crippen LogP contribution in [0.4, 0.5) is 0 Å². The van der Waals surface area contributed by atoms with E-state index in [4.69, 9.17) is 10.5 Å². The Morgan fingerprint density at radius 3 is 2.67 bits per heavy atom. The van der Waals surface area contributed by atoms with Gasteiger partial charge in [-0.1, -0.05) is 6.07 Å². The van der Waals surface area contributed by atoms with E-state index in [1.165, 1.54) is 0 Å². The summed E-state index contributed by atoms with van der Waals surface area (Å²) in [6.45, 7) is 1.88. The van der Waals surface area contributed by atoms with Crippen molar-refractivity contribution >= 4 is 0 Å². The van der Waals surface area contributed by atoms with Crippen molar-refractivity contribution in [2.45, 2.75) is 31.7 Å². The molecule has 1 aromatic carbocycles. The zero-order chi connectivity index (χ0) is 11.1. The fourth-order valence-electron chi connectivity index (χ4n) is 1.79. The normalized spacial score (nSPS) is 17.5. The number of aryl methyl sites for hydroxylation is 1. The number of phenols is 1. The van der Waals surface area contributed by atoms with Crippen molar-refractivity contribution in [2.75, 3.05) is 7.11 Å². The van der Waals surface area contributed by atoms with Crippen LogP contribution in [0.2, 0.25) is 0 Å². The Kier molecular flexibility index (Phi) is 2.35. The quantitative estimate of drug-likeness (QED) is 0.793. The summed E-state index contributed by atoms with van der Waals surface area (Å²) >= 11 is 0. The van der Waals surface area contributed by atoms with E-state index in [-0.39, 0.29) is 5.54 Å². The van der Waals surface area contributed by atoms with Gasteiger partial charge in [-0.15, -0.1) is 0 Å². The molecule has 0 atom stereocenters. The van der Waals surface area contributed by atoms with E-state index < -0.39 is 0 Å². The monoisotopic (exact) mass is 207 g/mol. The summed E-state index contributed by atoms with van der Waals surface area (Å²) < 4.78 is 5.24. The highest BCUT2D eigenvalue weighted by Gasteiger charge is 2.39. The summed E-state index contributed by atoms with van der Waals surface area (Å²) in [5.74, 6) is 1.06. The van der Waals surface area contributed by atoms with Gasteiger partial charge in [0.15, 0.2) is 0 Å². The third-order valence-corrected chi connectivity index (χ3v) is 3.08. The molecule has 1 aromatic rings. The molecule has 0 unspecified atom stereocenters. The summed E-state index contributed by atoms with van der Waals surface area (Å²) in [6, 6.07) is 3.74. The molecule has 0 heterocycles. The fraction of sp³-hybridized carbons (Fsp3) is 0.500. The number of nitrogens with two attached hydrogens (primary N) is 1. The molecular formula is C12H17NO2. The lowest BCUT2D eigenvalue weighted by Gasteiger charge is -2.15. The lowest BCUT2D eigenvalue weighted by molar-refractivity contribution is 0.395. The van der Waals surface area contributed by atoms with Crippen molar-refractivity contribution in [3.8, 4) is 11.5 Å². The molecule has 2 rings (SSSR count). The van der Waals surface area contributed by atoms with Crippen LogP contribution in [0.25, 0.3) is 0 Å². The number of rotatable bonds is 3. The van der Waals surface area contributed by atoms with Gasteiger partial charge in [0.25, 0.3) is 0 Å². The third kappa shape index (κ3) is 1.92. The number of phenolic OH excluding ortho intramolecular Hbond substituents is 1. The first kappa shape index (κ1) is 10.3. The van der Waals surface area contributed by atoms with E-state index >= 15 is 0 Å². The topological polar surface area (TPSA) is 55.5 Å². The van der Waals surface area contributed by atoms with Crippen molar-refractivity contribution in [1.82, 2.24) is 0 Å². The first-order chi connectivity index (χ1) is 7.06. The van der Waals surface area contributed by atoms with Crippen LogP contribution in [0.15, 0.2) is 12.1 Å². The van der Waals surface area contributed by atoms with Gasteiger partial charge in [-0.2, -0.15) is 0 Å². The molecule has 1 aliphatic rings. The van der Waals surface area contributed by atoms with E-state index in [2.05, 4.69) is 0 Å². The predicted molar refractivity (Wildman–Crippen MR) is 59.3 cm³/mol. The van der Waals surface area contributed by atoms with Crippen LogP contribution in [0.5, 0.6) is 11.5 Å². The van der Waals surface area contributed by atoms with Gasteiger partial charge in [-0.3, -0.25) is 0 Å². The molecule has 0 spiro atoms. The Morgan fingerprint density at radius 1 is 1.47 bits per heavy atom. The SMILES string of the molecule is COc1ccc(C)c(O)c1CC1(N)CC1. The average molecular weight is 207 g/mol. The van der Waals surface area contributed by atoms with Crippen molar-refractivity contribution in [2.24, 2.45) is 5.73 Å². The van der Waals surface area contributed by atoms with Crippen LogP contribution in [-0.4, -0.2) is 17.8 Å². The number of hydrogen-bond acceptors (Lipinski definition) is 3. The first-order valence-electron chi connectivity index (χ1n) is 5.20. The Labute approximate surface area is 89.9 Å². The number of aromatic hydroxyl groups is 1. The molecule has 0 aromatic heterocycles. The zero-order valence-corrected chi connectivity index (χ0v) is 9.21. The number of ether oxygens (including phenoxy) is 1. The molecule has 0 aliphatic heterocycles. The van der Waals surface area contributed by atoms with Gasteiger partial charge in [0, 0.05) is 11.1 Å². The molecule has 3 nitrogen and oxygen atoms in total. The first-order valence-corrected chi connectivity index (χ1v) is 5.20. The summed E-state index contributed by atoms with van der Waals surface area (Å²) in [5, 5.41) is 9.97. The summed E-state index contributed by atoms with van der Waals surface area (Å²) in [7, 11) is 1.61. The second-order valence-corrected chi connectivity index (χ2v) is 4.45. The second-order valence-electron chi connectivity index (χ2n) is 4.45. The lowest BCUT2D eigenvalue weighted by Crippen LogP contribution is -2.24. The van der Waals surface area contributed by atoms with Gasteiger partial charge in [-0.05, 0) is 37.8 Å². The Hall–Kier alpha value is -1.22. The fourth-order valence-corrected chi connectivity index (χ4v) is 1.79. The van der Waals surface area contributed by atoms with Crippen LogP contribution < -0.4 is 10.5 Å². The predicted octanol–water partition coefficient (Wildman–Crippen LogP) is 1.74. The molecule has 1 fully saturated rings. The van der Waals surface area contributed by atoms with Crippen molar-refractivity contribution in [3.05, 3.63) is 23.3 Å². The van der Waals surface area contributed by atoms with Crippen LogP contribution in [0.3, 0.4) is 0 Å². The highest BCUT2D eigenvalue weighted by molar-refractivity contribution is 5.50. The number of methoxy groups -OCH3 is 1. The maximum atomic E-state index is 9.97. The van der Waals surface area contributed by atoms with Crippen LogP contribution in [0.1, 0.15) is 24.0 Å². The molecule has 3 heteroatoms. The molecule has 3 N–H and O–H groups in total. The van der Waals surface area contributed by atoms with Crippen molar-refractivity contribution in [3.63, 3.8) is 0 Å². The van der Waals surface area contributed by atoms with Crippen molar-refractivity contribution < 1.29 is 9.84 Å². The molecule has 0 amide bonds. The summed E-state index contributed by atoms with van der Waals surface area (Å²) in [4.78, 5) is 0. The Morgan fingerprint density at radius 2 is 2.13 bits per heavy atom. The maximum absolute atomic E-state index is 9.97. The Balaban J connectivity index is 2.37. The van der Waals surface area contributed by atoms with E-state index in [9.17, 15) is 5.11 Å². The lowest BCUT2D eigenvalue weighted by atomic mass is 10.0. The number of hydrogen-bond donors (Lipinski definition) is 2. The molecule has 0 radical (unpaired) electrons. The smallest absolute Gasteiger partial charge is 0.125 e. The van der Waals surface area contributed by atoms with Crippen LogP contribution in [0, 0.1) is 6.92 Å². The minimum Gasteiger partial charge on any atom is -0.507 e. The minimum atomic E-state index is -0.113.